The predicted molar refractivity (Wildman–Crippen MR) is 134 cm³/mol. The molecule has 7 heteroatoms. The molecule has 7 nitrogen and oxygen atoms in total. The molecule has 0 spiro atoms. The van der Waals surface area contributed by atoms with Gasteiger partial charge in [0.25, 0.3) is 5.91 Å². The number of carbonyl (C=O) groups is 1. The molecule has 0 aliphatic carbocycles. The van der Waals surface area contributed by atoms with E-state index >= 15 is 0 Å². The van der Waals surface area contributed by atoms with Crippen molar-refractivity contribution < 1.29 is 9.53 Å². The third-order valence-corrected chi connectivity index (χ3v) is 5.55. The molecule has 0 aliphatic heterocycles. The van der Waals surface area contributed by atoms with Crippen LogP contribution in [0.4, 0.5) is 0 Å². The second kappa shape index (κ2) is 10.1. The van der Waals surface area contributed by atoms with Crippen LogP contribution in [0.1, 0.15) is 16.8 Å². The zero-order valence-corrected chi connectivity index (χ0v) is 19.8. The van der Waals surface area contributed by atoms with Crippen molar-refractivity contribution in [2.45, 2.75) is 6.42 Å². The van der Waals surface area contributed by atoms with Gasteiger partial charge in [-0.25, -0.2) is 9.97 Å². The minimum Gasteiger partial charge on any atom is -0.493 e. The molecule has 0 radical (unpaired) electrons. The Balaban J connectivity index is 1.72. The molecule has 3 aromatic carbocycles. The predicted octanol–water partition coefficient (Wildman–Crippen LogP) is 3.56. The van der Waals surface area contributed by atoms with Crippen molar-refractivity contribution in [3.8, 4) is 5.75 Å². The first-order chi connectivity index (χ1) is 15.9. The van der Waals surface area contributed by atoms with Crippen LogP contribution in [0.3, 0.4) is 0 Å². The summed E-state index contributed by atoms with van der Waals surface area (Å²) in [5, 5.41) is 4.95. The summed E-state index contributed by atoms with van der Waals surface area (Å²) in [4.78, 5) is 26.8. The number of nitrogens with zero attached hydrogens (tertiary/aromatic N) is 4. The number of ether oxygens (including phenoxy) is 1. The number of carbonyl (C=O) groups excluding carboxylic acids is 1. The first-order valence-electron chi connectivity index (χ1n) is 11.3. The van der Waals surface area contributed by atoms with Gasteiger partial charge in [-0.15, -0.1) is 0 Å². The normalized spacial score (nSPS) is 11.7. The van der Waals surface area contributed by atoms with E-state index in [1.807, 2.05) is 61.5 Å². The number of benzene rings is 3. The molecular formula is C26H31N5O2. The van der Waals surface area contributed by atoms with Crippen LogP contribution in [-0.4, -0.2) is 80.1 Å². The molecule has 172 valence electrons. The number of aromatic nitrogens is 2. The molecule has 1 N–H and O–H groups in total. The highest BCUT2D eigenvalue weighted by molar-refractivity contribution is 6.11. The minimum atomic E-state index is -0.138. The number of fused-ring (bicyclic) bond motifs is 4. The smallest absolute Gasteiger partial charge is 0.253 e. The standard InChI is InChI=1S/C26H31N5O2/c1-30(2)15-7-17-33-23-11-6-8-19-18(23)12-13-22-24(19)29-25-20(9-5-10-21(25)28-22)26(32)27-14-16-31(3)4/h5-6,8-13H,7,14-17H2,1-4H3,(H,27,32). The lowest BCUT2D eigenvalue weighted by Crippen LogP contribution is -2.31. The van der Waals surface area contributed by atoms with Gasteiger partial charge in [0.1, 0.15) is 11.3 Å². The van der Waals surface area contributed by atoms with E-state index < -0.39 is 0 Å². The Hall–Kier alpha value is -3.29. The summed E-state index contributed by atoms with van der Waals surface area (Å²) in [7, 11) is 8.08. The Kier molecular flexibility index (Phi) is 7.01. The van der Waals surface area contributed by atoms with Crippen LogP contribution in [0.2, 0.25) is 0 Å². The number of hydrogen-bond acceptors (Lipinski definition) is 6. The van der Waals surface area contributed by atoms with E-state index in [9.17, 15) is 4.79 Å². The third-order valence-electron chi connectivity index (χ3n) is 5.55. The van der Waals surface area contributed by atoms with E-state index in [1.54, 1.807) is 6.07 Å². The molecule has 0 atom stereocenters. The van der Waals surface area contributed by atoms with Crippen molar-refractivity contribution in [2.24, 2.45) is 0 Å². The van der Waals surface area contributed by atoms with Gasteiger partial charge >= 0.3 is 0 Å². The Labute approximate surface area is 194 Å². The summed E-state index contributed by atoms with van der Waals surface area (Å²) in [5.41, 5.74) is 3.42. The molecular weight excluding hydrogens is 414 g/mol. The van der Waals surface area contributed by atoms with Gasteiger partial charge < -0.3 is 19.9 Å². The van der Waals surface area contributed by atoms with Crippen molar-refractivity contribution in [3.63, 3.8) is 0 Å². The van der Waals surface area contributed by atoms with Crippen LogP contribution in [-0.2, 0) is 0 Å². The molecule has 1 amide bonds. The van der Waals surface area contributed by atoms with Crippen LogP contribution in [0, 0.1) is 0 Å². The first kappa shape index (κ1) is 22.9. The highest BCUT2D eigenvalue weighted by Gasteiger charge is 2.15. The SMILES string of the molecule is CN(C)CCCOc1cccc2c1ccc1nc3cccc(C(=O)NCCN(C)C)c3nc12. The molecule has 0 unspecified atom stereocenters. The van der Waals surface area contributed by atoms with Crippen LogP contribution < -0.4 is 10.1 Å². The molecule has 4 aromatic rings. The van der Waals surface area contributed by atoms with Crippen LogP contribution >= 0.6 is 0 Å². The summed E-state index contributed by atoms with van der Waals surface area (Å²) in [6, 6.07) is 15.6. The monoisotopic (exact) mass is 445 g/mol. The average Bonchev–Trinajstić information content (AvgIpc) is 2.79. The van der Waals surface area contributed by atoms with Crippen molar-refractivity contribution >= 4 is 38.7 Å². The van der Waals surface area contributed by atoms with Gasteiger partial charge in [0.2, 0.25) is 0 Å². The highest BCUT2D eigenvalue weighted by atomic mass is 16.5. The second-order valence-corrected chi connectivity index (χ2v) is 8.75. The van der Waals surface area contributed by atoms with Crippen molar-refractivity contribution in [1.82, 2.24) is 25.1 Å². The molecule has 0 bridgehead atoms. The van der Waals surface area contributed by atoms with E-state index in [4.69, 9.17) is 14.7 Å². The molecule has 0 aliphatic rings. The Morgan fingerprint density at radius 1 is 0.848 bits per heavy atom. The van der Waals surface area contributed by atoms with E-state index in [1.165, 1.54) is 0 Å². The number of amides is 1. The minimum absolute atomic E-state index is 0.138. The van der Waals surface area contributed by atoms with Gasteiger partial charge in [0, 0.05) is 30.4 Å². The van der Waals surface area contributed by atoms with E-state index in [0.717, 1.165) is 47.1 Å². The quantitative estimate of drug-likeness (QED) is 0.241. The van der Waals surface area contributed by atoms with Gasteiger partial charge in [0.05, 0.1) is 28.7 Å². The summed E-state index contributed by atoms with van der Waals surface area (Å²) in [5.74, 6) is 0.700. The fourth-order valence-corrected chi connectivity index (χ4v) is 3.85. The Bertz CT molecular complexity index is 1290. The lowest BCUT2D eigenvalue weighted by atomic mass is 10.1. The summed E-state index contributed by atoms with van der Waals surface area (Å²) < 4.78 is 6.09. The maximum atomic E-state index is 12.9. The van der Waals surface area contributed by atoms with Gasteiger partial charge in [-0.2, -0.15) is 0 Å². The molecule has 1 aromatic heterocycles. The number of likely N-dealkylation sites (N-methyl/N-ethyl adjacent to an activating group) is 1. The summed E-state index contributed by atoms with van der Waals surface area (Å²) in [6.45, 7) is 2.97. The van der Waals surface area contributed by atoms with Crippen molar-refractivity contribution in [3.05, 3.63) is 54.1 Å². The number of para-hydroxylation sites is 1. The number of nitrogens with one attached hydrogen (secondary N) is 1. The largest absolute Gasteiger partial charge is 0.493 e. The van der Waals surface area contributed by atoms with Gasteiger partial charge in [-0.1, -0.05) is 18.2 Å². The maximum absolute atomic E-state index is 12.9. The molecule has 0 saturated carbocycles. The van der Waals surface area contributed by atoms with Crippen LogP contribution in [0.5, 0.6) is 5.75 Å². The fourth-order valence-electron chi connectivity index (χ4n) is 3.85. The van der Waals surface area contributed by atoms with Crippen molar-refractivity contribution in [2.75, 3.05) is 54.4 Å². The first-order valence-corrected chi connectivity index (χ1v) is 11.3. The van der Waals surface area contributed by atoms with Crippen LogP contribution in [0.15, 0.2) is 48.5 Å². The highest BCUT2D eigenvalue weighted by Crippen LogP contribution is 2.31. The average molecular weight is 446 g/mol. The van der Waals surface area contributed by atoms with Crippen molar-refractivity contribution in [1.29, 1.82) is 0 Å². The van der Waals surface area contributed by atoms with Gasteiger partial charge in [0.15, 0.2) is 0 Å². The zero-order chi connectivity index (χ0) is 23.4. The summed E-state index contributed by atoms with van der Waals surface area (Å²) >= 11 is 0. The molecule has 4 rings (SSSR count). The summed E-state index contributed by atoms with van der Waals surface area (Å²) in [6.07, 6.45) is 0.952. The molecule has 33 heavy (non-hydrogen) atoms. The van der Waals surface area contributed by atoms with E-state index in [0.29, 0.717) is 29.7 Å². The zero-order valence-electron chi connectivity index (χ0n) is 19.8. The Morgan fingerprint density at radius 3 is 2.39 bits per heavy atom. The third kappa shape index (κ3) is 5.21. The lowest BCUT2D eigenvalue weighted by molar-refractivity contribution is 0.0952. The molecule has 1 heterocycles. The maximum Gasteiger partial charge on any atom is 0.253 e. The van der Waals surface area contributed by atoms with Crippen LogP contribution in [0.25, 0.3) is 32.8 Å². The Morgan fingerprint density at radius 2 is 1.61 bits per heavy atom. The molecule has 0 fully saturated rings. The van der Waals surface area contributed by atoms with Gasteiger partial charge in [-0.3, -0.25) is 4.79 Å². The van der Waals surface area contributed by atoms with Gasteiger partial charge in [-0.05, 0) is 64.9 Å². The second-order valence-electron chi connectivity index (χ2n) is 8.75. The molecule has 0 saturated heterocycles. The number of rotatable bonds is 9. The fraction of sp³-hybridized carbons (Fsp3) is 0.346. The number of hydrogen-bond donors (Lipinski definition) is 1. The lowest BCUT2D eigenvalue weighted by Gasteiger charge is -2.13. The topological polar surface area (TPSA) is 70.6 Å². The van der Waals surface area contributed by atoms with E-state index in [-0.39, 0.29) is 5.91 Å². The van der Waals surface area contributed by atoms with E-state index in [2.05, 4.69) is 24.3 Å².